The van der Waals surface area contributed by atoms with Gasteiger partial charge in [-0.05, 0) is 44.7 Å². The third-order valence-electron chi connectivity index (χ3n) is 4.81. The number of nitrogens with zero attached hydrogens (tertiary/aromatic N) is 4. The van der Waals surface area contributed by atoms with Gasteiger partial charge in [-0.2, -0.15) is 0 Å². The molecule has 26 heavy (non-hydrogen) atoms. The van der Waals surface area contributed by atoms with E-state index in [1.165, 1.54) is 17.0 Å². The Bertz CT molecular complexity index is 995. The Hall–Kier alpha value is -2.25. The molecule has 1 aromatic carbocycles. The maximum atomic E-state index is 13.2. The smallest absolute Gasteiger partial charge is 0.259 e. The van der Waals surface area contributed by atoms with Gasteiger partial charge in [0.1, 0.15) is 5.82 Å². The van der Waals surface area contributed by atoms with Crippen LogP contribution in [0, 0.1) is 5.82 Å². The molecule has 1 aliphatic heterocycles. The first-order chi connectivity index (χ1) is 12.5. The Kier molecular flexibility index (Phi) is 4.50. The van der Waals surface area contributed by atoms with Crippen LogP contribution in [0.2, 0.25) is 0 Å². The van der Waals surface area contributed by atoms with Crippen LogP contribution < -0.4 is 10.5 Å². The van der Waals surface area contributed by atoms with Crippen LogP contribution in [-0.4, -0.2) is 34.4 Å². The van der Waals surface area contributed by atoms with E-state index in [1.54, 1.807) is 33.9 Å². The fourth-order valence-electron chi connectivity index (χ4n) is 3.41. The molecule has 3 aromatic rings. The van der Waals surface area contributed by atoms with Gasteiger partial charge in [0.05, 0.1) is 17.9 Å². The van der Waals surface area contributed by atoms with Crippen LogP contribution in [0.1, 0.15) is 23.2 Å². The van der Waals surface area contributed by atoms with E-state index in [4.69, 9.17) is 4.98 Å². The fourth-order valence-corrected chi connectivity index (χ4v) is 4.55. The minimum absolute atomic E-state index is 0.0204. The van der Waals surface area contributed by atoms with Crippen LogP contribution in [0.5, 0.6) is 0 Å². The van der Waals surface area contributed by atoms with Gasteiger partial charge in [-0.15, -0.1) is 11.3 Å². The Morgan fingerprint density at radius 2 is 2.08 bits per heavy atom. The van der Waals surface area contributed by atoms with Crippen molar-refractivity contribution in [2.24, 2.45) is 0 Å². The lowest BCUT2D eigenvalue weighted by molar-refractivity contribution is 0.308. The highest BCUT2D eigenvalue weighted by molar-refractivity contribution is 7.17. The van der Waals surface area contributed by atoms with Gasteiger partial charge in [0, 0.05) is 36.3 Å². The zero-order valence-electron chi connectivity index (χ0n) is 14.9. The molecule has 1 aliphatic rings. The third-order valence-corrected chi connectivity index (χ3v) is 5.96. The molecular formula is C19H21FN4OS. The van der Waals surface area contributed by atoms with Gasteiger partial charge in [0.25, 0.3) is 5.56 Å². The second-order valence-corrected chi connectivity index (χ2v) is 7.72. The molecule has 0 N–H and O–H groups in total. The highest BCUT2D eigenvalue weighted by atomic mass is 32.1. The van der Waals surface area contributed by atoms with Gasteiger partial charge >= 0.3 is 0 Å². The Morgan fingerprint density at radius 1 is 1.31 bits per heavy atom. The number of likely N-dealkylation sites (N-methyl/N-ethyl adjacent to an activating group) is 1. The van der Waals surface area contributed by atoms with Crippen LogP contribution in [-0.2, 0) is 19.5 Å². The number of hydrogen-bond acceptors (Lipinski definition) is 5. The number of aromatic nitrogens is 2. The average Bonchev–Trinajstić information content (AvgIpc) is 2.98. The molecule has 0 radical (unpaired) electrons. The standard InChI is InChI=1S/C19H21FN4OS/c1-3-23(15-6-4-13(20)5-7-15)11-14-10-18(25)24-16-12-22(2)9-8-17(16)26-19(24)21-14/h4-7,10H,3,8-9,11-12H2,1-2H3. The minimum atomic E-state index is -0.253. The molecule has 3 heterocycles. The molecule has 5 nitrogen and oxygen atoms in total. The number of rotatable bonds is 4. The van der Waals surface area contributed by atoms with Gasteiger partial charge in [0.15, 0.2) is 4.96 Å². The first-order valence-corrected chi connectivity index (χ1v) is 9.59. The lowest BCUT2D eigenvalue weighted by Crippen LogP contribution is -2.29. The summed E-state index contributed by atoms with van der Waals surface area (Å²) in [5.74, 6) is -0.253. The van der Waals surface area contributed by atoms with Crippen molar-refractivity contribution >= 4 is 22.0 Å². The molecule has 7 heteroatoms. The van der Waals surface area contributed by atoms with Gasteiger partial charge in [-0.1, -0.05) is 0 Å². The monoisotopic (exact) mass is 372 g/mol. The normalized spacial score (nSPS) is 14.6. The van der Waals surface area contributed by atoms with E-state index in [2.05, 4.69) is 16.8 Å². The minimum Gasteiger partial charge on any atom is -0.366 e. The van der Waals surface area contributed by atoms with Crippen molar-refractivity contribution in [3.8, 4) is 0 Å². The molecule has 0 saturated heterocycles. The van der Waals surface area contributed by atoms with Crippen molar-refractivity contribution < 1.29 is 4.39 Å². The van der Waals surface area contributed by atoms with E-state index in [0.29, 0.717) is 6.54 Å². The Balaban J connectivity index is 1.69. The van der Waals surface area contributed by atoms with Crippen molar-refractivity contribution in [3.05, 3.63) is 62.8 Å². The van der Waals surface area contributed by atoms with Gasteiger partial charge in [-0.3, -0.25) is 9.20 Å². The van der Waals surface area contributed by atoms with E-state index in [0.717, 1.165) is 48.1 Å². The summed E-state index contributed by atoms with van der Waals surface area (Å²) >= 11 is 1.62. The molecule has 0 unspecified atom stereocenters. The topological polar surface area (TPSA) is 40.9 Å². The number of thiazole rings is 1. The second-order valence-electron chi connectivity index (χ2n) is 6.65. The van der Waals surface area contributed by atoms with Crippen LogP contribution >= 0.6 is 11.3 Å². The van der Waals surface area contributed by atoms with Crippen molar-refractivity contribution in [1.29, 1.82) is 0 Å². The maximum absolute atomic E-state index is 13.2. The molecule has 0 aliphatic carbocycles. The Morgan fingerprint density at radius 3 is 2.81 bits per heavy atom. The largest absolute Gasteiger partial charge is 0.366 e. The SMILES string of the molecule is CCN(Cc1cc(=O)n2c3c(sc2n1)CCN(C)C3)c1ccc(F)cc1. The van der Waals surface area contributed by atoms with E-state index in [1.807, 2.05) is 6.92 Å². The summed E-state index contributed by atoms with van der Waals surface area (Å²) in [6.07, 6.45) is 0.964. The molecule has 2 aromatic heterocycles. The quantitative estimate of drug-likeness (QED) is 0.706. The highest BCUT2D eigenvalue weighted by Gasteiger charge is 2.21. The molecule has 0 fully saturated rings. The lowest BCUT2D eigenvalue weighted by Gasteiger charge is -2.23. The predicted molar refractivity (Wildman–Crippen MR) is 103 cm³/mol. The summed E-state index contributed by atoms with van der Waals surface area (Å²) in [5.41, 5.74) is 2.72. The summed E-state index contributed by atoms with van der Waals surface area (Å²) in [6, 6.07) is 8.04. The number of fused-ring (bicyclic) bond motifs is 3. The Labute approximate surface area is 155 Å². The van der Waals surface area contributed by atoms with Crippen molar-refractivity contribution in [2.45, 2.75) is 26.4 Å². The summed E-state index contributed by atoms with van der Waals surface area (Å²) in [7, 11) is 2.07. The van der Waals surface area contributed by atoms with E-state index in [-0.39, 0.29) is 11.4 Å². The molecule has 0 amide bonds. The fraction of sp³-hybridized carbons (Fsp3) is 0.368. The van der Waals surface area contributed by atoms with Crippen LogP contribution in [0.15, 0.2) is 35.1 Å². The summed E-state index contributed by atoms with van der Waals surface area (Å²) < 4.78 is 14.9. The zero-order valence-corrected chi connectivity index (χ0v) is 15.7. The lowest BCUT2D eigenvalue weighted by atomic mass is 10.2. The van der Waals surface area contributed by atoms with Gasteiger partial charge in [-0.25, -0.2) is 9.37 Å². The molecule has 4 rings (SSSR count). The highest BCUT2D eigenvalue weighted by Crippen LogP contribution is 2.26. The molecular weight excluding hydrogens is 351 g/mol. The van der Waals surface area contributed by atoms with Gasteiger partial charge in [0.2, 0.25) is 0 Å². The first-order valence-electron chi connectivity index (χ1n) is 8.77. The zero-order chi connectivity index (χ0) is 18.3. The van der Waals surface area contributed by atoms with Crippen LogP contribution in [0.4, 0.5) is 10.1 Å². The number of anilines is 1. The summed E-state index contributed by atoms with van der Waals surface area (Å²) in [5, 5.41) is 0. The average molecular weight is 372 g/mol. The summed E-state index contributed by atoms with van der Waals surface area (Å²) in [4.78, 5) is 23.8. The van der Waals surface area contributed by atoms with Crippen molar-refractivity contribution in [2.75, 3.05) is 25.0 Å². The molecule has 0 saturated carbocycles. The second kappa shape index (κ2) is 6.81. The molecule has 0 spiro atoms. The number of benzene rings is 1. The summed E-state index contributed by atoms with van der Waals surface area (Å²) in [6.45, 7) is 5.10. The predicted octanol–water partition coefficient (Wildman–Crippen LogP) is 2.91. The molecule has 0 bridgehead atoms. The van der Waals surface area contributed by atoms with E-state index in [9.17, 15) is 9.18 Å². The van der Waals surface area contributed by atoms with Crippen molar-refractivity contribution in [3.63, 3.8) is 0 Å². The number of hydrogen-bond donors (Lipinski definition) is 0. The van der Waals surface area contributed by atoms with Crippen molar-refractivity contribution in [1.82, 2.24) is 14.3 Å². The van der Waals surface area contributed by atoms with Gasteiger partial charge < -0.3 is 9.80 Å². The van der Waals surface area contributed by atoms with E-state index < -0.39 is 0 Å². The number of halogens is 1. The van der Waals surface area contributed by atoms with E-state index >= 15 is 0 Å². The first kappa shape index (κ1) is 17.2. The van der Waals surface area contributed by atoms with Crippen LogP contribution in [0.25, 0.3) is 4.96 Å². The van der Waals surface area contributed by atoms with Crippen LogP contribution in [0.3, 0.4) is 0 Å². The maximum Gasteiger partial charge on any atom is 0.259 e. The third kappa shape index (κ3) is 3.12. The molecule has 0 atom stereocenters. The molecule has 136 valence electrons.